The largest absolute Gasteiger partial charge is 0.507 e. The summed E-state index contributed by atoms with van der Waals surface area (Å²) < 4.78 is 0. The van der Waals surface area contributed by atoms with E-state index >= 15 is 0 Å². The summed E-state index contributed by atoms with van der Waals surface area (Å²) in [6, 6.07) is 36.3. The van der Waals surface area contributed by atoms with Gasteiger partial charge in [0.1, 0.15) is 5.75 Å². The van der Waals surface area contributed by atoms with Gasteiger partial charge in [-0.2, -0.15) is 0 Å². The summed E-state index contributed by atoms with van der Waals surface area (Å²) in [5.74, 6) is 0.347. The number of rotatable bonds is 6. The highest BCUT2D eigenvalue weighted by Gasteiger charge is 2.22. The van der Waals surface area contributed by atoms with E-state index in [4.69, 9.17) is 0 Å². The highest BCUT2D eigenvalue weighted by Crippen LogP contribution is 2.45. The first-order valence-electron chi connectivity index (χ1n) is 11.3. The molecule has 0 bridgehead atoms. The second-order valence-electron chi connectivity index (χ2n) is 8.20. The van der Waals surface area contributed by atoms with Gasteiger partial charge in [0.15, 0.2) is 0 Å². The van der Waals surface area contributed by atoms with Crippen molar-refractivity contribution < 1.29 is 5.11 Å². The van der Waals surface area contributed by atoms with Crippen LogP contribution in [-0.2, 0) is 0 Å². The molecule has 0 saturated heterocycles. The number of phenols is 1. The minimum absolute atomic E-state index is 0.347. The molecule has 5 rings (SSSR count). The molecule has 1 unspecified atom stereocenters. The van der Waals surface area contributed by atoms with Crippen molar-refractivity contribution >= 4 is 40.1 Å². The van der Waals surface area contributed by atoms with Crippen LogP contribution < -0.4 is 10.6 Å². The number of hydrogen-bond donors (Lipinski definition) is 1. The summed E-state index contributed by atoms with van der Waals surface area (Å²) in [5, 5.41) is 18.6. The van der Waals surface area contributed by atoms with E-state index < -0.39 is 7.92 Å². The first-order chi connectivity index (χ1) is 15.8. The predicted octanol–water partition coefficient (Wildman–Crippen LogP) is 7.60. The molecule has 2 heteroatoms. The Morgan fingerprint density at radius 1 is 0.625 bits per heavy atom. The topological polar surface area (TPSA) is 20.2 Å². The summed E-state index contributed by atoms with van der Waals surface area (Å²) >= 11 is 0. The van der Waals surface area contributed by atoms with E-state index in [0.29, 0.717) is 5.75 Å². The molecule has 32 heavy (non-hydrogen) atoms. The van der Waals surface area contributed by atoms with E-state index in [1.165, 1.54) is 39.8 Å². The lowest BCUT2D eigenvalue weighted by molar-refractivity contribution is 0.478. The SMILES string of the molecule is CCCCP(c1ccccc1)c1ccc2ccccc2c1-c1c(O)ccc2ccccc12. The fraction of sp³-hybridized carbons (Fsp3) is 0.133. The molecule has 0 aromatic heterocycles. The summed E-state index contributed by atoms with van der Waals surface area (Å²) in [5.41, 5.74) is 2.14. The van der Waals surface area contributed by atoms with Gasteiger partial charge in [-0.05, 0) is 58.7 Å². The Morgan fingerprint density at radius 3 is 1.91 bits per heavy atom. The maximum absolute atomic E-state index is 11.2. The van der Waals surface area contributed by atoms with Crippen molar-refractivity contribution in [1.82, 2.24) is 0 Å². The van der Waals surface area contributed by atoms with Gasteiger partial charge in [-0.1, -0.05) is 110 Å². The zero-order valence-corrected chi connectivity index (χ0v) is 19.2. The Hall–Kier alpha value is -3.15. The van der Waals surface area contributed by atoms with Gasteiger partial charge in [0.25, 0.3) is 0 Å². The Bertz CT molecular complexity index is 1370. The van der Waals surface area contributed by atoms with Crippen molar-refractivity contribution in [3.63, 3.8) is 0 Å². The first kappa shape index (κ1) is 20.7. The molecule has 0 aliphatic carbocycles. The zero-order chi connectivity index (χ0) is 21.9. The van der Waals surface area contributed by atoms with Gasteiger partial charge in [-0.3, -0.25) is 0 Å². The van der Waals surface area contributed by atoms with Gasteiger partial charge in [0, 0.05) is 11.1 Å². The van der Waals surface area contributed by atoms with Crippen LogP contribution in [0.1, 0.15) is 19.8 Å². The second-order valence-corrected chi connectivity index (χ2v) is 10.5. The summed E-state index contributed by atoms with van der Waals surface area (Å²) in [6.45, 7) is 2.26. The Kier molecular flexibility index (Phi) is 5.93. The molecule has 1 atom stereocenters. The second kappa shape index (κ2) is 9.15. The maximum atomic E-state index is 11.2. The zero-order valence-electron chi connectivity index (χ0n) is 18.3. The van der Waals surface area contributed by atoms with Crippen molar-refractivity contribution in [2.24, 2.45) is 0 Å². The van der Waals surface area contributed by atoms with Crippen LogP contribution >= 0.6 is 7.92 Å². The van der Waals surface area contributed by atoms with Gasteiger partial charge in [0.05, 0.1) is 0 Å². The van der Waals surface area contributed by atoms with Crippen LogP contribution in [0.15, 0.2) is 103 Å². The van der Waals surface area contributed by atoms with Crippen molar-refractivity contribution in [1.29, 1.82) is 0 Å². The number of hydrogen-bond acceptors (Lipinski definition) is 1. The number of phenolic OH excluding ortho intramolecular Hbond substituents is 1. The minimum Gasteiger partial charge on any atom is -0.507 e. The van der Waals surface area contributed by atoms with Gasteiger partial charge in [0.2, 0.25) is 0 Å². The monoisotopic (exact) mass is 434 g/mol. The maximum Gasteiger partial charge on any atom is 0.124 e. The highest BCUT2D eigenvalue weighted by molar-refractivity contribution is 7.73. The van der Waals surface area contributed by atoms with Gasteiger partial charge in [-0.15, -0.1) is 0 Å². The average molecular weight is 435 g/mol. The molecular weight excluding hydrogens is 407 g/mol. The molecule has 0 heterocycles. The molecule has 1 nitrogen and oxygen atoms in total. The first-order valence-corrected chi connectivity index (χ1v) is 12.9. The Labute approximate surface area is 191 Å². The van der Waals surface area contributed by atoms with Crippen LogP contribution in [0.4, 0.5) is 0 Å². The number of benzene rings is 5. The van der Waals surface area contributed by atoms with Crippen molar-refractivity contribution in [3.05, 3.63) is 103 Å². The molecule has 0 amide bonds. The molecule has 0 spiro atoms. The highest BCUT2D eigenvalue weighted by atomic mass is 31.1. The van der Waals surface area contributed by atoms with Crippen LogP contribution in [0.5, 0.6) is 5.75 Å². The molecular formula is C30H27OP. The normalized spacial score (nSPS) is 12.3. The number of unbranched alkanes of at least 4 members (excludes halogenated alkanes) is 1. The van der Waals surface area contributed by atoms with E-state index in [-0.39, 0.29) is 0 Å². The average Bonchev–Trinajstić information content (AvgIpc) is 2.85. The van der Waals surface area contributed by atoms with E-state index in [1.54, 1.807) is 0 Å². The molecule has 0 aliphatic rings. The van der Waals surface area contributed by atoms with Crippen molar-refractivity contribution in [3.8, 4) is 16.9 Å². The molecule has 5 aromatic carbocycles. The lowest BCUT2D eigenvalue weighted by atomic mass is 9.93. The van der Waals surface area contributed by atoms with E-state index in [0.717, 1.165) is 22.5 Å². The Balaban J connectivity index is 1.87. The third-order valence-corrected chi connectivity index (χ3v) is 8.80. The lowest BCUT2D eigenvalue weighted by Crippen LogP contribution is -2.17. The molecule has 5 aromatic rings. The lowest BCUT2D eigenvalue weighted by Gasteiger charge is -2.24. The van der Waals surface area contributed by atoms with Crippen LogP contribution in [0.25, 0.3) is 32.7 Å². The van der Waals surface area contributed by atoms with Gasteiger partial charge in [-0.25, -0.2) is 0 Å². The predicted molar refractivity (Wildman–Crippen MR) is 141 cm³/mol. The number of fused-ring (bicyclic) bond motifs is 2. The van der Waals surface area contributed by atoms with Crippen molar-refractivity contribution in [2.45, 2.75) is 19.8 Å². The Morgan fingerprint density at radius 2 is 1.22 bits per heavy atom. The van der Waals surface area contributed by atoms with Gasteiger partial charge < -0.3 is 5.11 Å². The fourth-order valence-electron chi connectivity index (χ4n) is 4.58. The van der Waals surface area contributed by atoms with Crippen LogP contribution in [0.2, 0.25) is 0 Å². The molecule has 0 aliphatic heterocycles. The van der Waals surface area contributed by atoms with Crippen LogP contribution in [0, 0.1) is 0 Å². The van der Waals surface area contributed by atoms with Crippen molar-refractivity contribution in [2.75, 3.05) is 6.16 Å². The van der Waals surface area contributed by atoms with E-state index in [2.05, 4.69) is 97.9 Å². The molecule has 158 valence electrons. The smallest absolute Gasteiger partial charge is 0.124 e. The third kappa shape index (κ3) is 3.78. The summed E-state index contributed by atoms with van der Waals surface area (Å²) in [7, 11) is -0.553. The summed E-state index contributed by atoms with van der Waals surface area (Å²) in [4.78, 5) is 0. The molecule has 0 fully saturated rings. The minimum atomic E-state index is -0.553. The summed E-state index contributed by atoms with van der Waals surface area (Å²) in [6.07, 6.45) is 3.51. The van der Waals surface area contributed by atoms with Gasteiger partial charge >= 0.3 is 0 Å². The van der Waals surface area contributed by atoms with E-state index in [9.17, 15) is 5.11 Å². The molecule has 1 N–H and O–H groups in total. The standard InChI is InChI=1S/C30H27OP/c1-2-3-21-32(24-13-5-4-6-14-24)28-20-18-23-12-8-10-16-26(23)30(28)29-25-15-9-7-11-22(25)17-19-27(29)31/h4-20,31H,2-3,21H2,1H3. The van der Waals surface area contributed by atoms with Crippen LogP contribution in [-0.4, -0.2) is 11.3 Å². The number of aromatic hydroxyl groups is 1. The van der Waals surface area contributed by atoms with E-state index in [1.807, 2.05) is 12.1 Å². The quantitative estimate of drug-likeness (QED) is 0.273. The molecule has 0 radical (unpaired) electrons. The molecule has 0 saturated carbocycles. The fourth-order valence-corrected chi connectivity index (χ4v) is 7.28. The van der Waals surface area contributed by atoms with Crippen LogP contribution in [0.3, 0.4) is 0 Å². The third-order valence-electron chi connectivity index (χ3n) is 6.16.